The lowest BCUT2D eigenvalue weighted by Crippen LogP contribution is -2.12. The first-order valence-corrected chi connectivity index (χ1v) is 5.56. The fraction of sp³-hybridized carbons (Fsp3) is 0.273. The Hall–Kier alpha value is -1.75. The van der Waals surface area contributed by atoms with Crippen molar-refractivity contribution in [1.82, 2.24) is 9.78 Å². The van der Waals surface area contributed by atoms with Crippen molar-refractivity contribution in [3.8, 4) is 0 Å². The average Bonchev–Trinajstić information content (AvgIpc) is 2.84. The van der Waals surface area contributed by atoms with E-state index in [4.69, 9.17) is 16.0 Å². The van der Waals surface area contributed by atoms with Gasteiger partial charge in [0.15, 0.2) is 0 Å². The third-order valence-corrected chi connectivity index (χ3v) is 2.64. The molecular weight excluding hydrogens is 242 g/mol. The lowest BCUT2D eigenvalue weighted by molar-refractivity contribution is 0.102. The number of aryl methyl sites for hydroxylation is 2. The molecule has 0 saturated carbocycles. The monoisotopic (exact) mass is 253 g/mol. The Morgan fingerprint density at radius 2 is 2.41 bits per heavy atom. The third kappa shape index (κ3) is 2.34. The van der Waals surface area contributed by atoms with Crippen LogP contribution in [-0.4, -0.2) is 15.7 Å². The zero-order valence-electron chi connectivity index (χ0n) is 9.53. The molecule has 0 saturated heterocycles. The molecule has 0 radical (unpaired) electrons. The molecule has 0 aromatic carbocycles. The number of amides is 1. The zero-order valence-corrected chi connectivity index (χ0v) is 10.3. The van der Waals surface area contributed by atoms with Crippen LogP contribution in [0.2, 0.25) is 5.22 Å². The minimum atomic E-state index is -0.300. The molecule has 0 atom stereocenters. The Balaban J connectivity index is 2.21. The van der Waals surface area contributed by atoms with Gasteiger partial charge in [0.2, 0.25) is 5.22 Å². The van der Waals surface area contributed by atoms with Gasteiger partial charge in [-0.05, 0) is 24.1 Å². The number of hydrogen-bond donors (Lipinski definition) is 1. The molecule has 0 fully saturated rings. The van der Waals surface area contributed by atoms with Gasteiger partial charge in [-0.15, -0.1) is 0 Å². The summed E-state index contributed by atoms with van der Waals surface area (Å²) in [5.41, 5.74) is 1.84. The second-order valence-corrected chi connectivity index (χ2v) is 3.92. The highest BCUT2D eigenvalue weighted by molar-refractivity contribution is 6.32. The quantitative estimate of drug-likeness (QED) is 0.914. The van der Waals surface area contributed by atoms with E-state index in [1.165, 1.54) is 12.3 Å². The van der Waals surface area contributed by atoms with Crippen LogP contribution in [0, 0.1) is 0 Å². The number of carbonyl (C=O) groups excluding carboxylic acids is 1. The van der Waals surface area contributed by atoms with Crippen molar-refractivity contribution in [1.29, 1.82) is 0 Å². The summed E-state index contributed by atoms with van der Waals surface area (Å²) in [5.74, 6) is -0.300. The highest BCUT2D eigenvalue weighted by atomic mass is 35.5. The molecule has 0 bridgehead atoms. The van der Waals surface area contributed by atoms with E-state index >= 15 is 0 Å². The van der Waals surface area contributed by atoms with E-state index in [2.05, 4.69) is 10.4 Å². The zero-order chi connectivity index (χ0) is 12.4. The molecule has 0 aliphatic heterocycles. The summed E-state index contributed by atoms with van der Waals surface area (Å²) in [6, 6.07) is 1.53. The van der Waals surface area contributed by atoms with E-state index < -0.39 is 0 Å². The molecule has 5 nitrogen and oxygen atoms in total. The van der Waals surface area contributed by atoms with Gasteiger partial charge in [-0.25, -0.2) is 0 Å². The average molecular weight is 254 g/mol. The number of hydrogen-bond acceptors (Lipinski definition) is 3. The van der Waals surface area contributed by atoms with Crippen LogP contribution >= 0.6 is 11.6 Å². The topological polar surface area (TPSA) is 60.1 Å². The minimum Gasteiger partial charge on any atom is -0.452 e. The second kappa shape index (κ2) is 4.63. The summed E-state index contributed by atoms with van der Waals surface area (Å²) in [4.78, 5) is 11.9. The summed E-state index contributed by atoms with van der Waals surface area (Å²) in [5, 5.41) is 7.08. The van der Waals surface area contributed by atoms with Crippen molar-refractivity contribution in [3.05, 3.63) is 35.0 Å². The summed E-state index contributed by atoms with van der Waals surface area (Å²) >= 11 is 5.73. The van der Waals surface area contributed by atoms with Crippen molar-refractivity contribution < 1.29 is 9.21 Å². The Morgan fingerprint density at radius 3 is 3.00 bits per heavy atom. The molecule has 17 heavy (non-hydrogen) atoms. The van der Waals surface area contributed by atoms with Gasteiger partial charge < -0.3 is 9.73 Å². The molecule has 0 unspecified atom stereocenters. The molecule has 0 aliphatic carbocycles. The number of nitrogens with one attached hydrogen (secondary N) is 1. The SMILES string of the molecule is CCc1nn(C)cc1NC(=O)c1ccoc1Cl. The highest BCUT2D eigenvalue weighted by Crippen LogP contribution is 2.20. The van der Waals surface area contributed by atoms with E-state index in [1.807, 2.05) is 6.92 Å². The summed E-state index contributed by atoms with van der Waals surface area (Å²) in [7, 11) is 1.81. The Labute approximate surface area is 103 Å². The minimum absolute atomic E-state index is 0.0874. The lowest BCUT2D eigenvalue weighted by atomic mass is 10.2. The van der Waals surface area contributed by atoms with Gasteiger partial charge in [0.25, 0.3) is 5.91 Å². The van der Waals surface area contributed by atoms with Crippen LogP contribution in [0.3, 0.4) is 0 Å². The molecule has 1 N–H and O–H groups in total. The van der Waals surface area contributed by atoms with Gasteiger partial charge in [0, 0.05) is 13.2 Å². The fourth-order valence-electron chi connectivity index (χ4n) is 1.55. The Morgan fingerprint density at radius 1 is 1.65 bits per heavy atom. The lowest BCUT2D eigenvalue weighted by Gasteiger charge is -2.02. The first kappa shape index (κ1) is 11.7. The van der Waals surface area contributed by atoms with Gasteiger partial charge in [0.05, 0.1) is 23.2 Å². The molecule has 2 heterocycles. The van der Waals surface area contributed by atoms with Crippen LogP contribution in [0.4, 0.5) is 5.69 Å². The van der Waals surface area contributed by atoms with Crippen molar-refractivity contribution >= 4 is 23.2 Å². The van der Waals surface area contributed by atoms with Crippen LogP contribution in [-0.2, 0) is 13.5 Å². The standard InChI is InChI=1S/C11H12ClN3O2/c1-3-8-9(6-15(2)14-8)13-11(16)7-4-5-17-10(7)12/h4-6H,3H2,1-2H3,(H,13,16). The third-order valence-electron chi connectivity index (χ3n) is 2.35. The van der Waals surface area contributed by atoms with E-state index in [0.29, 0.717) is 11.3 Å². The normalized spacial score (nSPS) is 10.5. The Bertz CT molecular complexity index is 545. The van der Waals surface area contributed by atoms with E-state index in [0.717, 1.165) is 12.1 Å². The molecule has 2 rings (SSSR count). The number of rotatable bonds is 3. The van der Waals surface area contributed by atoms with Gasteiger partial charge in [-0.1, -0.05) is 6.92 Å². The molecule has 90 valence electrons. The first-order valence-electron chi connectivity index (χ1n) is 5.18. The number of carbonyl (C=O) groups is 1. The number of furan rings is 1. The highest BCUT2D eigenvalue weighted by Gasteiger charge is 2.15. The number of nitrogens with zero attached hydrogens (tertiary/aromatic N) is 2. The maximum atomic E-state index is 11.9. The molecule has 1 amide bonds. The van der Waals surface area contributed by atoms with Gasteiger partial charge in [-0.3, -0.25) is 9.48 Å². The van der Waals surface area contributed by atoms with Gasteiger partial charge in [-0.2, -0.15) is 5.10 Å². The number of halogens is 1. The van der Waals surface area contributed by atoms with E-state index in [9.17, 15) is 4.79 Å². The molecule has 0 aliphatic rings. The van der Waals surface area contributed by atoms with Crippen molar-refractivity contribution in [2.24, 2.45) is 7.05 Å². The summed E-state index contributed by atoms with van der Waals surface area (Å²) in [6.45, 7) is 1.98. The van der Waals surface area contributed by atoms with Crippen LogP contribution in [0.1, 0.15) is 23.0 Å². The first-order chi connectivity index (χ1) is 8.11. The Kier molecular flexibility index (Phi) is 3.19. The van der Waals surface area contributed by atoms with Crippen molar-refractivity contribution in [3.63, 3.8) is 0 Å². The maximum Gasteiger partial charge on any atom is 0.260 e. The fourth-order valence-corrected chi connectivity index (χ4v) is 1.75. The van der Waals surface area contributed by atoms with Crippen LogP contribution in [0.25, 0.3) is 0 Å². The predicted octanol–water partition coefficient (Wildman–Crippen LogP) is 2.48. The van der Waals surface area contributed by atoms with Crippen molar-refractivity contribution in [2.75, 3.05) is 5.32 Å². The van der Waals surface area contributed by atoms with E-state index in [1.54, 1.807) is 17.9 Å². The molecule has 0 spiro atoms. The summed E-state index contributed by atoms with van der Waals surface area (Å²) < 4.78 is 6.53. The molecule has 6 heteroatoms. The number of aromatic nitrogens is 2. The predicted molar refractivity (Wildman–Crippen MR) is 64.3 cm³/mol. The maximum absolute atomic E-state index is 11.9. The van der Waals surface area contributed by atoms with Crippen LogP contribution in [0.5, 0.6) is 0 Å². The van der Waals surface area contributed by atoms with E-state index in [-0.39, 0.29) is 11.1 Å². The molecule has 2 aromatic heterocycles. The number of anilines is 1. The second-order valence-electron chi connectivity index (χ2n) is 3.58. The van der Waals surface area contributed by atoms with Gasteiger partial charge in [0.1, 0.15) is 0 Å². The van der Waals surface area contributed by atoms with Crippen molar-refractivity contribution in [2.45, 2.75) is 13.3 Å². The van der Waals surface area contributed by atoms with Crippen LogP contribution in [0.15, 0.2) is 22.9 Å². The largest absolute Gasteiger partial charge is 0.452 e. The summed E-state index contributed by atoms with van der Waals surface area (Å²) in [6.07, 6.45) is 3.88. The molecular formula is C11H12ClN3O2. The smallest absolute Gasteiger partial charge is 0.260 e. The van der Waals surface area contributed by atoms with Gasteiger partial charge >= 0.3 is 0 Å². The molecule has 2 aromatic rings. The van der Waals surface area contributed by atoms with Crippen LogP contribution < -0.4 is 5.32 Å².